The number of methoxy groups -OCH3 is 1. The minimum absolute atomic E-state index is 0.199. The summed E-state index contributed by atoms with van der Waals surface area (Å²) in [5.41, 5.74) is 1.07. The summed E-state index contributed by atoms with van der Waals surface area (Å²) in [7, 11) is 1.68. The number of halogens is 2. The van der Waals surface area contributed by atoms with E-state index >= 15 is 0 Å². The van der Waals surface area contributed by atoms with Crippen LogP contribution < -0.4 is 5.32 Å². The highest BCUT2D eigenvalue weighted by atomic mass is 35.5. The molecule has 0 heterocycles. The molecule has 1 N–H and O–H groups in total. The molecular formula is C12H17ClFNO. The number of hydrogen-bond donors (Lipinski definition) is 1. The molecule has 4 heteroatoms. The summed E-state index contributed by atoms with van der Waals surface area (Å²) in [6.45, 7) is 2.52. The normalized spacial score (nSPS) is 10.7. The SMILES string of the molecule is COCCNCCCc1ccc(F)c(Cl)c1. The Morgan fingerprint density at radius 2 is 2.19 bits per heavy atom. The van der Waals surface area contributed by atoms with Crippen LogP contribution in [-0.2, 0) is 11.2 Å². The molecule has 0 spiro atoms. The van der Waals surface area contributed by atoms with Crippen LogP contribution in [-0.4, -0.2) is 26.8 Å². The highest BCUT2D eigenvalue weighted by Gasteiger charge is 2.00. The van der Waals surface area contributed by atoms with E-state index in [1.165, 1.54) is 6.07 Å². The van der Waals surface area contributed by atoms with Crippen LogP contribution in [0, 0.1) is 5.82 Å². The monoisotopic (exact) mass is 245 g/mol. The summed E-state index contributed by atoms with van der Waals surface area (Å²) in [4.78, 5) is 0. The van der Waals surface area contributed by atoms with Crippen molar-refractivity contribution in [1.82, 2.24) is 5.32 Å². The second-order valence-corrected chi connectivity index (χ2v) is 4.00. The van der Waals surface area contributed by atoms with Crippen molar-refractivity contribution in [2.45, 2.75) is 12.8 Å². The van der Waals surface area contributed by atoms with E-state index < -0.39 is 0 Å². The number of nitrogens with one attached hydrogen (secondary N) is 1. The molecule has 0 aliphatic rings. The Kier molecular flexibility index (Phi) is 6.38. The average Bonchev–Trinajstić information content (AvgIpc) is 2.28. The van der Waals surface area contributed by atoms with E-state index in [9.17, 15) is 4.39 Å². The molecule has 0 unspecified atom stereocenters. The lowest BCUT2D eigenvalue weighted by molar-refractivity contribution is 0.199. The number of aryl methyl sites for hydroxylation is 1. The number of ether oxygens (including phenoxy) is 1. The largest absolute Gasteiger partial charge is 0.383 e. The fraction of sp³-hybridized carbons (Fsp3) is 0.500. The lowest BCUT2D eigenvalue weighted by atomic mass is 10.1. The average molecular weight is 246 g/mol. The fourth-order valence-electron chi connectivity index (χ4n) is 1.41. The Bertz CT molecular complexity index is 320. The van der Waals surface area contributed by atoms with Crippen molar-refractivity contribution in [2.24, 2.45) is 0 Å². The molecule has 0 atom stereocenters. The first-order valence-corrected chi connectivity index (χ1v) is 5.75. The molecule has 0 aliphatic heterocycles. The molecule has 1 aromatic carbocycles. The van der Waals surface area contributed by atoms with Gasteiger partial charge in [0.05, 0.1) is 11.6 Å². The fourth-order valence-corrected chi connectivity index (χ4v) is 1.62. The maximum absolute atomic E-state index is 12.9. The summed E-state index contributed by atoms with van der Waals surface area (Å²) in [6, 6.07) is 4.87. The third-order valence-corrected chi connectivity index (χ3v) is 2.58. The van der Waals surface area contributed by atoms with Gasteiger partial charge in [-0.05, 0) is 37.1 Å². The second kappa shape index (κ2) is 7.60. The second-order valence-electron chi connectivity index (χ2n) is 3.59. The van der Waals surface area contributed by atoms with Gasteiger partial charge < -0.3 is 10.1 Å². The molecule has 90 valence electrons. The summed E-state index contributed by atoms with van der Waals surface area (Å²) in [5, 5.41) is 3.45. The Morgan fingerprint density at radius 3 is 2.88 bits per heavy atom. The van der Waals surface area contributed by atoms with Gasteiger partial charge in [0.2, 0.25) is 0 Å². The molecule has 1 rings (SSSR count). The van der Waals surface area contributed by atoms with Crippen molar-refractivity contribution in [1.29, 1.82) is 0 Å². The Labute approximate surface area is 101 Å². The predicted octanol–water partition coefficient (Wildman–Crippen LogP) is 2.65. The first kappa shape index (κ1) is 13.4. The Hall–Kier alpha value is -0.640. The van der Waals surface area contributed by atoms with Crippen LogP contribution in [0.15, 0.2) is 18.2 Å². The molecule has 0 aromatic heterocycles. The molecule has 2 nitrogen and oxygen atoms in total. The van der Waals surface area contributed by atoms with Crippen molar-refractivity contribution < 1.29 is 9.13 Å². The zero-order valence-electron chi connectivity index (χ0n) is 9.43. The van der Waals surface area contributed by atoms with Gasteiger partial charge in [-0.15, -0.1) is 0 Å². The number of hydrogen-bond acceptors (Lipinski definition) is 2. The quantitative estimate of drug-likeness (QED) is 0.746. The van der Waals surface area contributed by atoms with E-state index in [2.05, 4.69) is 5.32 Å². The minimum atomic E-state index is -0.358. The molecular weight excluding hydrogens is 229 g/mol. The van der Waals surface area contributed by atoms with Crippen molar-refractivity contribution in [3.8, 4) is 0 Å². The standard InChI is InChI=1S/C12H17ClFNO/c1-16-8-7-15-6-2-3-10-4-5-12(14)11(13)9-10/h4-5,9,15H,2-3,6-8H2,1H3. The third-order valence-electron chi connectivity index (χ3n) is 2.29. The van der Waals surface area contributed by atoms with Gasteiger partial charge in [0.15, 0.2) is 0 Å². The number of benzene rings is 1. The molecule has 1 aromatic rings. The third kappa shape index (κ3) is 4.92. The van der Waals surface area contributed by atoms with Gasteiger partial charge in [-0.2, -0.15) is 0 Å². The Balaban J connectivity index is 2.19. The van der Waals surface area contributed by atoms with Crippen LogP contribution >= 0.6 is 11.6 Å². The topological polar surface area (TPSA) is 21.3 Å². The van der Waals surface area contributed by atoms with Crippen LogP contribution in [0.4, 0.5) is 4.39 Å². The van der Waals surface area contributed by atoms with Gasteiger partial charge in [0, 0.05) is 13.7 Å². The highest BCUT2D eigenvalue weighted by molar-refractivity contribution is 6.30. The molecule has 0 saturated heterocycles. The van der Waals surface area contributed by atoms with Gasteiger partial charge in [0.25, 0.3) is 0 Å². The smallest absolute Gasteiger partial charge is 0.141 e. The molecule has 0 radical (unpaired) electrons. The zero-order chi connectivity index (χ0) is 11.8. The van der Waals surface area contributed by atoms with Crippen molar-refractivity contribution in [2.75, 3.05) is 26.8 Å². The molecule has 0 aliphatic carbocycles. The van der Waals surface area contributed by atoms with Crippen LogP contribution in [0.5, 0.6) is 0 Å². The van der Waals surface area contributed by atoms with E-state index in [1.807, 2.05) is 0 Å². The molecule has 0 bridgehead atoms. The van der Waals surface area contributed by atoms with Crippen LogP contribution in [0.3, 0.4) is 0 Å². The lowest BCUT2D eigenvalue weighted by Gasteiger charge is -2.04. The highest BCUT2D eigenvalue weighted by Crippen LogP contribution is 2.16. The van der Waals surface area contributed by atoms with Gasteiger partial charge in [-0.25, -0.2) is 4.39 Å². The maximum Gasteiger partial charge on any atom is 0.141 e. The van der Waals surface area contributed by atoms with Crippen LogP contribution in [0.2, 0.25) is 5.02 Å². The van der Waals surface area contributed by atoms with Crippen LogP contribution in [0.1, 0.15) is 12.0 Å². The lowest BCUT2D eigenvalue weighted by Crippen LogP contribution is -2.20. The summed E-state index contributed by atoms with van der Waals surface area (Å²) in [5.74, 6) is -0.358. The summed E-state index contributed by atoms with van der Waals surface area (Å²) >= 11 is 5.69. The Morgan fingerprint density at radius 1 is 1.38 bits per heavy atom. The van der Waals surface area contributed by atoms with Crippen LogP contribution in [0.25, 0.3) is 0 Å². The van der Waals surface area contributed by atoms with Crippen molar-refractivity contribution in [3.05, 3.63) is 34.6 Å². The summed E-state index contributed by atoms with van der Waals surface area (Å²) < 4.78 is 17.8. The zero-order valence-corrected chi connectivity index (χ0v) is 10.2. The van der Waals surface area contributed by atoms with Gasteiger partial charge in [0.1, 0.15) is 5.82 Å². The van der Waals surface area contributed by atoms with E-state index in [0.29, 0.717) is 0 Å². The van der Waals surface area contributed by atoms with E-state index in [1.54, 1.807) is 19.2 Å². The predicted molar refractivity (Wildman–Crippen MR) is 64.5 cm³/mol. The van der Waals surface area contributed by atoms with Gasteiger partial charge in [-0.1, -0.05) is 17.7 Å². The van der Waals surface area contributed by atoms with Crippen molar-refractivity contribution in [3.63, 3.8) is 0 Å². The van der Waals surface area contributed by atoms with E-state index in [4.69, 9.17) is 16.3 Å². The first-order valence-electron chi connectivity index (χ1n) is 5.37. The van der Waals surface area contributed by atoms with Crippen molar-refractivity contribution >= 4 is 11.6 Å². The maximum atomic E-state index is 12.9. The summed E-state index contributed by atoms with van der Waals surface area (Å²) in [6.07, 6.45) is 1.91. The first-order chi connectivity index (χ1) is 7.74. The minimum Gasteiger partial charge on any atom is -0.383 e. The molecule has 0 saturated carbocycles. The van der Waals surface area contributed by atoms with Gasteiger partial charge >= 0.3 is 0 Å². The molecule has 0 fully saturated rings. The number of rotatable bonds is 7. The van der Waals surface area contributed by atoms with Gasteiger partial charge in [-0.3, -0.25) is 0 Å². The van der Waals surface area contributed by atoms with E-state index in [0.717, 1.165) is 38.1 Å². The van der Waals surface area contributed by atoms with E-state index in [-0.39, 0.29) is 10.8 Å². The molecule has 16 heavy (non-hydrogen) atoms. The molecule has 0 amide bonds.